The van der Waals surface area contributed by atoms with Crippen molar-refractivity contribution in [3.8, 4) is 11.3 Å². The summed E-state index contributed by atoms with van der Waals surface area (Å²) in [6.07, 6.45) is 1.71. The first-order valence-corrected chi connectivity index (χ1v) is 6.55. The zero-order valence-corrected chi connectivity index (χ0v) is 12.2. The molecule has 1 saturated heterocycles. The molecule has 0 bridgehead atoms. The van der Waals surface area contributed by atoms with Crippen LogP contribution in [0.4, 0.5) is 5.69 Å². The van der Waals surface area contributed by atoms with Crippen molar-refractivity contribution in [2.75, 3.05) is 25.1 Å². The summed E-state index contributed by atoms with van der Waals surface area (Å²) in [6, 6.07) is 9.24. The second-order valence-corrected chi connectivity index (χ2v) is 4.62. The fourth-order valence-electron chi connectivity index (χ4n) is 2.11. The maximum atomic E-state index is 12.0. The zero-order chi connectivity index (χ0) is 13.8. The number of anilines is 1. The van der Waals surface area contributed by atoms with Crippen molar-refractivity contribution >= 4 is 24.0 Å². The molecule has 3 rings (SSSR count). The fourth-order valence-corrected chi connectivity index (χ4v) is 2.11. The predicted molar refractivity (Wildman–Crippen MR) is 82.5 cm³/mol. The number of benzene rings is 1. The predicted octanol–water partition coefficient (Wildman–Crippen LogP) is 1.43. The molecular formula is C14H17ClN4O2. The number of aromatic amines is 1. The third kappa shape index (κ3) is 3.81. The summed E-state index contributed by atoms with van der Waals surface area (Å²) in [7, 11) is 0. The quantitative estimate of drug-likeness (QED) is 0.801. The third-order valence-electron chi connectivity index (χ3n) is 3.20. The highest BCUT2D eigenvalue weighted by molar-refractivity contribution is 5.95. The van der Waals surface area contributed by atoms with Crippen molar-refractivity contribution in [2.24, 2.45) is 0 Å². The molecule has 6 nitrogen and oxygen atoms in total. The Hall–Kier alpha value is -1.89. The molecule has 0 spiro atoms. The number of nitrogens with one attached hydrogen (secondary N) is 3. The van der Waals surface area contributed by atoms with Gasteiger partial charge >= 0.3 is 0 Å². The molecule has 112 valence electrons. The van der Waals surface area contributed by atoms with Crippen molar-refractivity contribution in [3.05, 3.63) is 36.5 Å². The Morgan fingerprint density at radius 1 is 1.29 bits per heavy atom. The molecule has 1 atom stereocenters. The molecule has 3 N–H and O–H groups in total. The van der Waals surface area contributed by atoms with Crippen molar-refractivity contribution in [1.82, 2.24) is 15.5 Å². The molecule has 21 heavy (non-hydrogen) atoms. The van der Waals surface area contributed by atoms with Gasteiger partial charge in [0.25, 0.3) is 0 Å². The Morgan fingerprint density at radius 3 is 2.71 bits per heavy atom. The van der Waals surface area contributed by atoms with Crippen LogP contribution in [0.25, 0.3) is 11.3 Å². The largest absolute Gasteiger partial charge is 0.378 e. The van der Waals surface area contributed by atoms with E-state index in [4.69, 9.17) is 4.74 Å². The third-order valence-corrected chi connectivity index (χ3v) is 3.20. The molecule has 0 saturated carbocycles. The first-order valence-electron chi connectivity index (χ1n) is 6.55. The highest BCUT2D eigenvalue weighted by atomic mass is 35.5. The van der Waals surface area contributed by atoms with E-state index in [-0.39, 0.29) is 24.4 Å². The molecule has 1 aliphatic rings. The van der Waals surface area contributed by atoms with E-state index < -0.39 is 0 Å². The van der Waals surface area contributed by atoms with E-state index in [2.05, 4.69) is 20.8 Å². The maximum Gasteiger partial charge on any atom is 0.243 e. The number of nitrogens with zero attached hydrogens (tertiary/aromatic N) is 1. The van der Waals surface area contributed by atoms with Crippen LogP contribution in [-0.2, 0) is 9.53 Å². The van der Waals surface area contributed by atoms with Gasteiger partial charge in [0.1, 0.15) is 6.04 Å². The monoisotopic (exact) mass is 308 g/mol. The van der Waals surface area contributed by atoms with Gasteiger partial charge in [0.15, 0.2) is 0 Å². The Bertz CT molecular complexity index is 565. The average Bonchev–Trinajstić information content (AvgIpc) is 3.03. The minimum absolute atomic E-state index is 0. The topological polar surface area (TPSA) is 79.0 Å². The summed E-state index contributed by atoms with van der Waals surface area (Å²) < 4.78 is 5.27. The number of morpholine rings is 1. The average molecular weight is 309 g/mol. The molecule has 1 aromatic heterocycles. The van der Waals surface area contributed by atoms with Crippen LogP contribution in [0, 0.1) is 0 Å². The minimum Gasteiger partial charge on any atom is -0.378 e. The number of aromatic nitrogens is 2. The summed E-state index contributed by atoms with van der Waals surface area (Å²) in [5.41, 5.74) is 2.75. The smallest absolute Gasteiger partial charge is 0.243 e. The van der Waals surface area contributed by atoms with Gasteiger partial charge in [-0.15, -0.1) is 12.4 Å². The van der Waals surface area contributed by atoms with E-state index in [1.165, 1.54) is 0 Å². The molecule has 0 aliphatic carbocycles. The van der Waals surface area contributed by atoms with Crippen LogP contribution in [0.15, 0.2) is 36.5 Å². The standard InChI is InChI=1S/C14H16N4O2.ClH/c19-14(13-9-20-8-7-15-13)17-11-3-1-10(2-4-11)12-5-6-16-18-12;/h1-6,13,15H,7-9H2,(H,16,18)(H,17,19);1H. The van der Waals surface area contributed by atoms with Crippen LogP contribution in [0.1, 0.15) is 0 Å². The van der Waals surface area contributed by atoms with Gasteiger partial charge in [-0.05, 0) is 23.8 Å². The molecular weight excluding hydrogens is 292 g/mol. The van der Waals surface area contributed by atoms with Crippen molar-refractivity contribution in [2.45, 2.75) is 6.04 Å². The molecule has 1 aromatic carbocycles. The Morgan fingerprint density at radius 2 is 2.10 bits per heavy atom. The number of ether oxygens (including phenoxy) is 1. The normalized spacial score (nSPS) is 17.8. The van der Waals surface area contributed by atoms with Crippen LogP contribution < -0.4 is 10.6 Å². The van der Waals surface area contributed by atoms with E-state index >= 15 is 0 Å². The molecule has 1 aliphatic heterocycles. The summed E-state index contributed by atoms with van der Waals surface area (Å²) >= 11 is 0. The fraction of sp³-hybridized carbons (Fsp3) is 0.286. The van der Waals surface area contributed by atoms with Gasteiger partial charge in [0.2, 0.25) is 5.91 Å². The lowest BCUT2D eigenvalue weighted by Gasteiger charge is -2.22. The van der Waals surface area contributed by atoms with E-state index in [1.54, 1.807) is 6.20 Å². The molecule has 7 heteroatoms. The SMILES string of the molecule is Cl.O=C(Nc1ccc(-c2ccn[nH]2)cc1)C1COCCN1. The molecule has 1 amide bonds. The second kappa shape index (κ2) is 7.21. The highest BCUT2D eigenvalue weighted by Crippen LogP contribution is 2.19. The van der Waals surface area contributed by atoms with Crippen molar-refractivity contribution in [1.29, 1.82) is 0 Å². The van der Waals surface area contributed by atoms with Gasteiger partial charge in [-0.2, -0.15) is 5.10 Å². The van der Waals surface area contributed by atoms with Gasteiger partial charge in [-0.25, -0.2) is 0 Å². The number of H-pyrrole nitrogens is 1. The van der Waals surface area contributed by atoms with Crippen molar-refractivity contribution < 1.29 is 9.53 Å². The highest BCUT2D eigenvalue weighted by Gasteiger charge is 2.20. The number of amides is 1. The molecule has 2 aromatic rings. The number of rotatable bonds is 3. The van der Waals surface area contributed by atoms with E-state index in [0.29, 0.717) is 19.8 Å². The Balaban J connectivity index is 0.00000161. The molecule has 1 unspecified atom stereocenters. The number of hydrogen-bond donors (Lipinski definition) is 3. The molecule has 2 heterocycles. The second-order valence-electron chi connectivity index (χ2n) is 4.62. The van der Waals surface area contributed by atoms with E-state index in [0.717, 1.165) is 16.9 Å². The Labute approximate surface area is 128 Å². The first-order chi connectivity index (χ1) is 9.83. The summed E-state index contributed by atoms with van der Waals surface area (Å²) in [6.45, 7) is 1.78. The number of hydrogen-bond acceptors (Lipinski definition) is 4. The lowest BCUT2D eigenvalue weighted by atomic mass is 10.1. The zero-order valence-electron chi connectivity index (χ0n) is 11.3. The molecule has 0 radical (unpaired) electrons. The summed E-state index contributed by atoms with van der Waals surface area (Å²) in [5.74, 6) is -0.0704. The number of halogens is 1. The lowest BCUT2D eigenvalue weighted by Crippen LogP contribution is -2.48. The minimum atomic E-state index is -0.281. The lowest BCUT2D eigenvalue weighted by molar-refractivity contribution is -0.120. The van der Waals surface area contributed by atoms with Crippen LogP contribution in [-0.4, -0.2) is 41.9 Å². The Kier molecular flexibility index (Phi) is 5.32. The van der Waals surface area contributed by atoms with Crippen LogP contribution >= 0.6 is 12.4 Å². The van der Waals surface area contributed by atoms with Crippen LogP contribution in [0.2, 0.25) is 0 Å². The van der Waals surface area contributed by atoms with E-state index in [1.807, 2.05) is 30.3 Å². The van der Waals surface area contributed by atoms with Gasteiger partial charge in [0.05, 0.1) is 18.9 Å². The number of carbonyl (C=O) groups is 1. The van der Waals surface area contributed by atoms with Crippen LogP contribution in [0.3, 0.4) is 0 Å². The van der Waals surface area contributed by atoms with E-state index in [9.17, 15) is 4.79 Å². The van der Waals surface area contributed by atoms with Gasteiger partial charge in [0, 0.05) is 18.4 Å². The van der Waals surface area contributed by atoms with Crippen molar-refractivity contribution in [3.63, 3.8) is 0 Å². The first kappa shape index (κ1) is 15.5. The molecule has 1 fully saturated rings. The number of carbonyl (C=O) groups excluding carboxylic acids is 1. The maximum absolute atomic E-state index is 12.0. The summed E-state index contributed by atoms with van der Waals surface area (Å²) in [5, 5.41) is 12.8. The van der Waals surface area contributed by atoms with Gasteiger partial charge < -0.3 is 15.4 Å². The van der Waals surface area contributed by atoms with Gasteiger partial charge in [-0.3, -0.25) is 9.89 Å². The van der Waals surface area contributed by atoms with Gasteiger partial charge in [-0.1, -0.05) is 12.1 Å². The van der Waals surface area contributed by atoms with Crippen LogP contribution in [0.5, 0.6) is 0 Å². The summed E-state index contributed by atoms with van der Waals surface area (Å²) in [4.78, 5) is 12.0.